The minimum atomic E-state index is -3.82. The van der Waals surface area contributed by atoms with E-state index in [2.05, 4.69) is 20.4 Å². The Kier molecular flexibility index (Phi) is 5.95. The summed E-state index contributed by atoms with van der Waals surface area (Å²) < 4.78 is 29.3. The van der Waals surface area contributed by atoms with Gasteiger partial charge < -0.3 is 10.2 Å². The van der Waals surface area contributed by atoms with E-state index >= 15 is 0 Å². The second-order valence-corrected chi connectivity index (χ2v) is 9.23. The molecule has 170 valence electrons. The summed E-state index contributed by atoms with van der Waals surface area (Å²) in [4.78, 5) is 15.8. The average Bonchev–Trinajstić information content (AvgIpc) is 3.40. The Morgan fingerprint density at radius 3 is 2.53 bits per heavy atom. The highest BCUT2D eigenvalue weighted by molar-refractivity contribution is 7.89. The summed E-state index contributed by atoms with van der Waals surface area (Å²) in [6.07, 6.45) is 5.18. The number of nitrogens with one attached hydrogen (secondary N) is 1. The van der Waals surface area contributed by atoms with Gasteiger partial charge in [-0.2, -0.15) is 0 Å². The van der Waals surface area contributed by atoms with Crippen LogP contribution in [0, 0.1) is 0 Å². The minimum Gasteiger partial charge on any atom is -0.439 e. The Balaban J connectivity index is 1.76. The van der Waals surface area contributed by atoms with Crippen molar-refractivity contribution in [3.63, 3.8) is 0 Å². The number of aromatic nitrogens is 4. The normalized spacial score (nSPS) is 15.1. The van der Waals surface area contributed by atoms with Crippen LogP contribution in [-0.4, -0.2) is 45.1 Å². The predicted octanol–water partition coefficient (Wildman–Crippen LogP) is 2.09. The van der Waals surface area contributed by atoms with Gasteiger partial charge in [-0.25, -0.2) is 28.4 Å². The van der Waals surface area contributed by atoms with Crippen molar-refractivity contribution in [3.8, 4) is 22.8 Å². The topological polar surface area (TPSA) is 194 Å². The van der Waals surface area contributed by atoms with Crippen molar-refractivity contribution in [3.05, 3.63) is 35.7 Å². The molecular formula is C19H23N7O5S. The van der Waals surface area contributed by atoms with Gasteiger partial charge in [0, 0.05) is 11.5 Å². The molecule has 6 N–H and O–H groups in total. The fraction of sp³-hybridized carbons (Fsp3) is 0.368. The Hall–Kier alpha value is -3.29. The monoisotopic (exact) mass is 461 g/mol. The molecule has 12 nitrogen and oxygen atoms in total. The Morgan fingerprint density at radius 1 is 1.22 bits per heavy atom. The number of hydrogen-bond donors (Lipinski definition) is 4. The summed E-state index contributed by atoms with van der Waals surface area (Å²) in [5, 5.41) is 25.5. The summed E-state index contributed by atoms with van der Waals surface area (Å²) >= 11 is 0. The van der Waals surface area contributed by atoms with Gasteiger partial charge in [0.05, 0.1) is 11.4 Å². The van der Waals surface area contributed by atoms with E-state index < -0.39 is 16.1 Å². The van der Waals surface area contributed by atoms with Crippen molar-refractivity contribution < 1.29 is 22.8 Å². The molecule has 1 aliphatic rings. The summed E-state index contributed by atoms with van der Waals surface area (Å²) in [5.74, 6) is 1.02. The number of rotatable bonds is 6. The molecule has 2 amide bonds. The number of carbonyl (C=O) groups excluding carboxylic acids is 1. The van der Waals surface area contributed by atoms with Crippen molar-refractivity contribution in [2.45, 2.75) is 49.5 Å². The van der Waals surface area contributed by atoms with Gasteiger partial charge in [-0.1, -0.05) is 36.6 Å². The zero-order chi connectivity index (χ0) is 22.9. The zero-order valence-electron chi connectivity index (χ0n) is 17.1. The Labute approximate surface area is 183 Å². The number of urea groups is 1. The summed E-state index contributed by atoms with van der Waals surface area (Å²) in [6, 6.07) is 5.06. The van der Waals surface area contributed by atoms with E-state index in [0.717, 1.165) is 32.1 Å². The van der Waals surface area contributed by atoms with Crippen LogP contribution in [0.2, 0.25) is 0 Å². The van der Waals surface area contributed by atoms with Crippen LogP contribution in [0.1, 0.15) is 49.5 Å². The first-order chi connectivity index (χ1) is 15.2. The molecule has 13 heteroatoms. The summed E-state index contributed by atoms with van der Waals surface area (Å²) in [5.41, 5.74) is 6.84. The van der Waals surface area contributed by atoms with Gasteiger partial charge in [0.15, 0.2) is 0 Å². The SMILES string of the molecule is NC(=O)N(O)Cc1nn[nH]c1-c1nc(-c2ccc(S(N)(=O)=O)cc2)c(C2CCCCC2)o1. The Bertz CT molecular complexity index is 1210. The van der Waals surface area contributed by atoms with E-state index in [9.17, 15) is 18.4 Å². The molecule has 1 aliphatic carbocycles. The number of amides is 2. The van der Waals surface area contributed by atoms with E-state index in [1.54, 1.807) is 12.1 Å². The lowest BCUT2D eigenvalue weighted by Crippen LogP contribution is -2.32. The minimum absolute atomic E-state index is 0.00118. The van der Waals surface area contributed by atoms with Gasteiger partial charge in [0.1, 0.15) is 22.8 Å². The van der Waals surface area contributed by atoms with Gasteiger partial charge in [-0.15, -0.1) is 5.10 Å². The molecule has 0 atom stereocenters. The molecule has 0 bridgehead atoms. The molecule has 0 radical (unpaired) electrons. The van der Waals surface area contributed by atoms with Crippen LogP contribution in [0.3, 0.4) is 0 Å². The van der Waals surface area contributed by atoms with Crippen molar-refractivity contribution in [1.29, 1.82) is 0 Å². The molecule has 0 saturated heterocycles. The van der Waals surface area contributed by atoms with Crippen LogP contribution in [0.4, 0.5) is 4.79 Å². The highest BCUT2D eigenvalue weighted by Gasteiger charge is 2.28. The Morgan fingerprint density at radius 2 is 1.91 bits per heavy atom. The number of sulfonamides is 1. The molecule has 1 saturated carbocycles. The number of hydroxylamine groups is 2. The smallest absolute Gasteiger partial charge is 0.338 e. The van der Waals surface area contributed by atoms with Crippen LogP contribution < -0.4 is 10.9 Å². The molecule has 32 heavy (non-hydrogen) atoms. The van der Waals surface area contributed by atoms with Crippen molar-refractivity contribution in [1.82, 2.24) is 25.5 Å². The van der Waals surface area contributed by atoms with E-state index in [1.165, 1.54) is 12.1 Å². The third-order valence-corrected chi connectivity index (χ3v) is 6.40. The second kappa shape index (κ2) is 8.68. The highest BCUT2D eigenvalue weighted by atomic mass is 32.2. The number of primary sulfonamides is 1. The van der Waals surface area contributed by atoms with Crippen LogP contribution in [-0.2, 0) is 16.6 Å². The third-order valence-electron chi connectivity index (χ3n) is 5.47. The fourth-order valence-electron chi connectivity index (χ4n) is 3.84. The van der Waals surface area contributed by atoms with E-state index in [-0.39, 0.29) is 28.9 Å². The van der Waals surface area contributed by atoms with E-state index in [1.807, 2.05) is 0 Å². The van der Waals surface area contributed by atoms with Crippen LogP contribution in [0.25, 0.3) is 22.8 Å². The van der Waals surface area contributed by atoms with Crippen molar-refractivity contribution in [2.24, 2.45) is 10.9 Å². The summed E-state index contributed by atoms with van der Waals surface area (Å²) in [7, 11) is -3.82. The molecule has 1 aromatic carbocycles. The molecule has 1 fully saturated rings. The molecule has 0 spiro atoms. The number of nitrogens with zero attached hydrogens (tertiary/aromatic N) is 4. The number of aromatic amines is 1. The van der Waals surface area contributed by atoms with E-state index in [4.69, 9.17) is 15.3 Å². The number of primary amides is 1. The lowest BCUT2D eigenvalue weighted by Gasteiger charge is -2.20. The molecule has 2 aromatic heterocycles. The largest absolute Gasteiger partial charge is 0.439 e. The lowest BCUT2D eigenvalue weighted by molar-refractivity contribution is -0.0478. The molecule has 0 unspecified atom stereocenters. The standard InChI is InChI=1S/C19H23N7O5S/c20-19(27)26(28)10-14-16(24-25-23-14)18-22-15(17(31-18)12-4-2-1-3-5-12)11-6-8-13(9-7-11)32(21,29)30/h6-9,12,28H,1-5,10H2,(H2,20,27)(H2,21,29,30)(H,23,24,25). The lowest BCUT2D eigenvalue weighted by atomic mass is 9.86. The molecule has 4 rings (SSSR count). The molecule has 3 aromatic rings. The average molecular weight is 462 g/mol. The van der Waals surface area contributed by atoms with Crippen LogP contribution >= 0.6 is 0 Å². The molecular weight excluding hydrogens is 438 g/mol. The molecule has 0 aliphatic heterocycles. The second-order valence-electron chi connectivity index (χ2n) is 7.67. The first-order valence-electron chi connectivity index (χ1n) is 10.0. The highest BCUT2D eigenvalue weighted by Crippen LogP contribution is 2.40. The third kappa shape index (κ3) is 4.49. The molecule has 2 heterocycles. The van der Waals surface area contributed by atoms with Gasteiger partial charge in [-0.05, 0) is 25.0 Å². The van der Waals surface area contributed by atoms with Gasteiger partial charge >= 0.3 is 6.03 Å². The quantitative estimate of drug-likeness (QED) is 0.316. The maximum atomic E-state index is 11.6. The fourth-order valence-corrected chi connectivity index (χ4v) is 4.36. The zero-order valence-corrected chi connectivity index (χ0v) is 17.9. The van der Waals surface area contributed by atoms with Gasteiger partial charge in [0.25, 0.3) is 0 Å². The van der Waals surface area contributed by atoms with Gasteiger partial charge in [0.2, 0.25) is 15.9 Å². The van der Waals surface area contributed by atoms with Gasteiger partial charge in [-0.3, -0.25) is 10.3 Å². The number of carbonyl (C=O) groups is 1. The van der Waals surface area contributed by atoms with Crippen LogP contribution in [0.15, 0.2) is 33.6 Å². The predicted molar refractivity (Wildman–Crippen MR) is 111 cm³/mol. The summed E-state index contributed by atoms with van der Waals surface area (Å²) in [6.45, 7) is -0.305. The number of hydrogen-bond acceptors (Lipinski definition) is 8. The number of H-pyrrole nitrogens is 1. The number of oxazole rings is 1. The number of nitrogens with two attached hydrogens (primary N) is 2. The first kappa shape index (κ1) is 21.9. The first-order valence-corrected chi connectivity index (χ1v) is 11.6. The van der Waals surface area contributed by atoms with E-state index in [0.29, 0.717) is 27.8 Å². The maximum absolute atomic E-state index is 11.6. The van der Waals surface area contributed by atoms with Crippen molar-refractivity contribution in [2.75, 3.05) is 0 Å². The maximum Gasteiger partial charge on any atom is 0.338 e. The van der Waals surface area contributed by atoms with Crippen LogP contribution in [0.5, 0.6) is 0 Å². The van der Waals surface area contributed by atoms with Crippen molar-refractivity contribution >= 4 is 16.1 Å². The number of benzene rings is 1.